The summed E-state index contributed by atoms with van der Waals surface area (Å²) in [5.74, 6) is 2.00. The molecule has 0 unspecified atom stereocenters. The van der Waals surface area contributed by atoms with Crippen LogP contribution in [-0.2, 0) is 19.4 Å². The molecule has 1 aromatic heterocycles. The van der Waals surface area contributed by atoms with Crippen molar-refractivity contribution < 1.29 is 9.47 Å². The molecule has 1 aliphatic rings. The summed E-state index contributed by atoms with van der Waals surface area (Å²) in [6.07, 6.45) is 4.95. The van der Waals surface area contributed by atoms with E-state index in [1.54, 1.807) is 18.4 Å². The Balaban J connectivity index is 1.53. The lowest BCUT2D eigenvalue weighted by molar-refractivity contribution is 0.218. The zero-order valence-corrected chi connectivity index (χ0v) is 23.3. The molecule has 0 aliphatic heterocycles. The molecular formula is C31H36N2O2S. The topological polar surface area (TPSA) is 54.6 Å². The van der Waals surface area contributed by atoms with Crippen LogP contribution < -0.4 is 9.47 Å². The Labute approximate surface area is 219 Å². The van der Waals surface area contributed by atoms with Crippen LogP contribution in [0.3, 0.4) is 0 Å². The standard InChI is InChI=1S/C31H36N2O2S/c1-19-12-20(2)26(21(3)13-19)18-35-27-11-8-22(14-28(27)34-7)17-33-30-25(16-32)24-10-9-23(31(4,5)6)15-29(24)36-30/h8,11-14,17,23H,9-10,15,18H2,1-7H3/t23-/m0/s1. The SMILES string of the molecule is COc1cc(C=Nc2sc3c(c2C#N)CC[C@H](C(C)(C)C)C3)ccc1OCc1c(C)cc(C)cc1C. The molecule has 0 saturated heterocycles. The van der Waals surface area contributed by atoms with Gasteiger partial charge >= 0.3 is 0 Å². The van der Waals surface area contributed by atoms with Crippen molar-refractivity contribution in [3.8, 4) is 17.6 Å². The van der Waals surface area contributed by atoms with Crippen LogP contribution in [0.2, 0.25) is 0 Å². The summed E-state index contributed by atoms with van der Waals surface area (Å²) in [5.41, 5.74) is 8.06. The predicted molar refractivity (Wildman–Crippen MR) is 149 cm³/mol. The Morgan fingerprint density at radius 1 is 1.11 bits per heavy atom. The second-order valence-electron chi connectivity index (χ2n) is 10.9. The molecule has 1 heterocycles. The van der Waals surface area contributed by atoms with Gasteiger partial charge in [-0.1, -0.05) is 38.5 Å². The third-order valence-electron chi connectivity index (χ3n) is 7.31. The second kappa shape index (κ2) is 10.5. The van der Waals surface area contributed by atoms with E-state index in [1.165, 1.54) is 32.7 Å². The van der Waals surface area contributed by atoms with Crippen molar-refractivity contribution in [3.05, 3.63) is 74.2 Å². The van der Waals surface area contributed by atoms with E-state index >= 15 is 0 Å². The summed E-state index contributed by atoms with van der Waals surface area (Å²) in [4.78, 5) is 6.07. The lowest BCUT2D eigenvalue weighted by Crippen LogP contribution is -2.26. The maximum atomic E-state index is 9.86. The van der Waals surface area contributed by atoms with Crippen molar-refractivity contribution in [3.63, 3.8) is 0 Å². The fourth-order valence-corrected chi connectivity index (χ4v) is 6.34. The van der Waals surface area contributed by atoms with E-state index in [0.717, 1.165) is 35.4 Å². The van der Waals surface area contributed by atoms with Gasteiger partial charge in [0.1, 0.15) is 17.7 Å². The molecule has 2 aromatic carbocycles. The van der Waals surface area contributed by atoms with Crippen LogP contribution >= 0.6 is 11.3 Å². The Kier molecular flexibility index (Phi) is 7.57. The number of rotatable bonds is 6. The van der Waals surface area contributed by atoms with Gasteiger partial charge in [-0.25, -0.2) is 4.99 Å². The van der Waals surface area contributed by atoms with Crippen molar-refractivity contribution in [1.29, 1.82) is 5.26 Å². The normalized spacial score (nSPS) is 15.6. The Morgan fingerprint density at radius 3 is 2.47 bits per heavy atom. The van der Waals surface area contributed by atoms with Gasteiger partial charge in [0.2, 0.25) is 0 Å². The molecule has 3 aromatic rings. The Morgan fingerprint density at radius 2 is 1.83 bits per heavy atom. The van der Waals surface area contributed by atoms with Crippen molar-refractivity contribution in [2.24, 2.45) is 16.3 Å². The number of aryl methyl sites for hydroxylation is 3. The number of hydrogen-bond donors (Lipinski definition) is 0. The van der Waals surface area contributed by atoms with Gasteiger partial charge < -0.3 is 9.47 Å². The summed E-state index contributed by atoms with van der Waals surface area (Å²) < 4.78 is 11.8. The number of aliphatic imine (C=N–C) groups is 1. The van der Waals surface area contributed by atoms with Gasteiger partial charge in [-0.05, 0) is 97.4 Å². The Bertz CT molecular complexity index is 1310. The third-order valence-corrected chi connectivity index (χ3v) is 8.48. The van der Waals surface area contributed by atoms with Gasteiger partial charge in [0.25, 0.3) is 0 Å². The van der Waals surface area contributed by atoms with Crippen LogP contribution in [0.1, 0.15) is 71.0 Å². The molecule has 4 rings (SSSR count). The van der Waals surface area contributed by atoms with Crippen LogP contribution in [0.5, 0.6) is 11.5 Å². The summed E-state index contributed by atoms with van der Waals surface area (Å²) in [5, 5.41) is 10.7. The first kappa shape index (κ1) is 26.0. The van der Waals surface area contributed by atoms with Gasteiger partial charge in [-0.15, -0.1) is 11.3 Å². The molecule has 0 saturated carbocycles. The second-order valence-corrected chi connectivity index (χ2v) is 12.0. The largest absolute Gasteiger partial charge is 0.493 e. The number of fused-ring (bicyclic) bond motifs is 1. The predicted octanol–water partition coefficient (Wildman–Crippen LogP) is 8.03. The number of nitriles is 1. The lowest BCUT2D eigenvalue weighted by atomic mass is 9.72. The van der Waals surface area contributed by atoms with Gasteiger partial charge in [0.15, 0.2) is 11.5 Å². The minimum atomic E-state index is 0.273. The Hall–Kier alpha value is -3.10. The maximum Gasteiger partial charge on any atom is 0.161 e. The maximum absolute atomic E-state index is 9.86. The number of methoxy groups -OCH3 is 1. The van der Waals surface area contributed by atoms with E-state index < -0.39 is 0 Å². The number of ether oxygens (including phenoxy) is 2. The summed E-state index contributed by atoms with van der Waals surface area (Å²) in [7, 11) is 1.65. The summed E-state index contributed by atoms with van der Waals surface area (Å²) in [6, 6.07) is 12.6. The van der Waals surface area contributed by atoms with Crippen molar-refractivity contribution in [2.75, 3.05) is 7.11 Å². The number of benzene rings is 2. The minimum Gasteiger partial charge on any atom is -0.493 e. The first-order chi connectivity index (χ1) is 17.1. The molecule has 0 amide bonds. The minimum absolute atomic E-state index is 0.273. The first-order valence-electron chi connectivity index (χ1n) is 12.6. The fraction of sp³-hybridized carbons (Fsp3) is 0.419. The number of nitrogens with zero attached hydrogens (tertiary/aromatic N) is 2. The first-order valence-corrected chi connectivity index (χ1v) is 13.4. The molecule has 4 nitrogen and oxygen atoms in total. The van der Waals surface area contributed by atoms with E-state index in [1.807, 2.05) is 24.4 Å². The molecule has 188 valence electrons. The quantitative estimate of drug-likeness (QED) is 0.322. The van der Waals surface area contributed by atoms with E-state index in [0.29, 0.717) is 24.0 Å². The van der Waals surface area contributed by atoms with E-state index in [-0.39, 0.29) is 5.41 Å². The highest BCUT2D eigenvalue weighted by molar-refractivity contribution is 7.16. The van der Waals surface area contributed by atoms with Crippen LogP contribution in [0.4, 0.5) is 5.00 Å². The zero-order valence-electron chi connectivity index (χ0n) is 22.5. The highest BCUT2D eigenvalue weighted by atomic mass is 32.1. The molecule has 0 bridgehead atoms. The molecule has 5 heteroatoms. The fourth-order valence-electron chi connectivity index (χ4n) is 5.12. The molecule has 0 fully saturated rings. The molecule has 36 heavy (non-hydrogen) atoms. The molecule has 1 aliphatic carbocycles. The monoisotopic (exact) mass is 500 g/mol. The average molecular weight is 501 g/mol. The molecule has 0 N–H and O–H groups in total. The summed E-state index contributed by atoms with van der Waals surface area (Å²) >= 11 is 1.67. The van der Waals surface area contributed by atoms with Gasteiger partial charge in [-0.2, -0.15) is 5.26 Å². The van der Waals surface area contributed by atoms with Gasteiger partial charge in [-0.3, -0.25) is 0 Å². The highest BCUT2D eigenvalue weighted by Gasteiger charge is 2.32. The lowest BCUT2D eigenvalue weighted by Gasteiger charge is -2.33. The average Bonchev–Trinajstić information content (AvgIpc) is 3.18. The molecule has 0 radical (unpaired) electrons. The zero-order chi connectivity index (χ0) is 26.0. The number of hydrogen-bond acceptors (Lipinski definition) is 5. The molecule has 1 atom stereocenters. The van der Waals surface area contributed by atoms with Crippen LogP contribution in [-0.4, -0.2) is 13.3 Å². The van der Waals surface area contributed by atoms with Crippen molar-refractivity contribution in [2.45, 2.75) is 67.4 Å². The highest BCUT2D eigenvalue weighted by Crippen LogP contribution is 2.45. The molecule has 0 spiro atoms. The third kappa shape index (κ3) is 5.50. The van der Waals surface area contributed by atoms with Crippen LogP contribution in [0, 0.1) is 43.4 Å². The van der Waals surface area contributed by atoms with Crippen LogP contribution in [0.25, 0.3) is 0 Å². The number of thiophene rings is 1. The van der Waals surface area contributed by atoms with E-state index in [4.69, 9.17) is 14.5 Å². The van der Waals surface area contributed by atoms with Gasteiger partial charge in [0.05, 0.1) is 12.7 Å². The van der Waals surface area contributed by atoms with Crippen molar-refractivity contribution >= 4 is 22.6 Å². The summed E-state index contributed by atoms with van der Waals surface area (Å²) in [6.45, 7) is 13.8. The van der Waals surface area contributed by atoms with Gasteiger partial charge in [0, 0.05) is 11.1 Å². The van der Waals surface area contributed by atoms with E-state index in [2.05, 4.69) is 59.7 Å². The molecular weight excluding hydrogens is 464 g/mol. The van der Waals surface area contributed by atoms with Crippen molar-refractivity contribution in [1.82, 2.24) is 0 Å². The van der Waals surface area contributed by atoms with Crippen LogP contribution in [0.15, 0.2) is 35.3 Å². The smallest absolute Gasteiger partial charge is 0.161 e. The van der Waals surface area contributed by atoms with E-state index in [9.17, 15) is 5.26 Å².